The molecule has 1 unspecified atom stereocenters. The Labute approximate surface area is 92.9 Å². The number of rotatable bonds is 3. The summed E-state index contributed by atoms with van der Waals surface area (Å²) in [5.41, 5.74) is 5.99. The number of aliphatic hydroxyl groups is 1. The molecular formula is C9H12Cl2N2O. The summed E-state index contributed by atoms with van der Waals surface area (Å²) in [4.78, 5) is 3.89. The average Bonchev–Trinajstić information content (AvgIpc) is 2.11. The van der Waals surface area contributed by atoms with Crippen molar-refractivity contribution in [3.63, 3.8) is 0 Å². The quantitative estimate of drug-likeness (QED) is 0.783. The van der Waals surface area contributed by atoms with E-state index in [0.29, 0.717) is 11.4 Å². The van der Waals surface area contributed by atoms with Crippen LogP contribution in [0, 0.1) is 0 Å². The number of pyridine rings is 1. The van der Waals surface area contributed by atoms with Crippen LogP contribution < -0.4 is 5.73 Å². The molecule has 1 aromatic heterocycles. The lowest BCUT2D eigenvalue weighted by Crippen LogP contribution is -2.42. The van der Waals surface area contributed by atoms with Gasteiger partial charge in [-0.2, -0.15) is 0 Å². The van der Waals surface area contributed by atoms with E-state index in [1.54, 1.807) is 19.2 Å². The van der Waals surface area contributed by atoms with Crippen LogP contribution in [-0.2, 0) is 6.42 Å². The summed E-state index contributed by atoms with van der Waals surface area (Å²) in [7, 11) is 0. The number of nitrogens with two attached hydrogens (primary N) is 1. The van der Waals surface area contributed by atoms with Crippen LogP contribution in [0.1, 0.15) is 12.5 Å². The van der Waals surface area contributed by atoms with E-state index in [0.717, 1.165) is 5.56 Å². The van der Waals surface area contributed by atoms with Crippen molar-refractivity contribution in [3.05, 3.63) is 28.0 Å². The fraction of sp³-hybridized carbons (Fsp3) is 0.444. The molecule has 78 valence electrons. The zero-order valence-corrected chi connectivity index (χ0v) is 9.31. The standard InChI is InChI=1S/C9H12Cl2N2O/c1-9(12,5-14)3-6-2-7(10)8(11)13-4-6/h2,4,14H,3,5,12H2,1H3. The molecule has 1 atom stereocenters. The predicted octanol–water partition coefficient (Wildman–Crippen LogP) is 1.64. The molecule has 0 spiro atoms. The molecule has 0 bridgehead atoms. The lowest BCUT2D eigenvalue weighted by Gasteiger charge is -2.21. The first-order valence-electron chi connectivity index (χ1n) is 4.14. The third-order valence-corrected chi connectivity index (χ3v) is 2.51. The summed E-state index contributed by atoms with van der Waals surface area (Å²) in [5, 5.41) is 9.65. The van der Waals surface area contributed by atoms with Gasteiger partial charge in [-0.25, -0.2) is 4.98 Å². The van der Waals surface area contributed by atoms with Gasteiger partial charge in [-0.1, -0.05) is 23.2 Å². The molecule has 1 rings (SSSR count). The Balaban J connectivity index is 2.83. The molecule has 14 heavy (non-hydrogen) atoms. The first-order valence-corrected chi connectivity index (χ1v) is 4.90. The maximum absolute atomic E-state index is 8.97. The van der Waals surface area contributed by atoms with Gasteiger partial charge in [0.05, 0.1) is 11.6 Å². The van der Waals surface area contributed by atoms with Gasteiger partial charge < -0.3 is 10.8 Å². The van der Waals surface area contributed by atoms with Crippen molar-refractivity contribution in [1.82, 2.24) is 4.98 Å². The fourth-order valence-electron chi connectivity index (χ4n) is 1.08. The van der Waals surface area contributed by atoms with E-state index in [1.165, 1.54) is 0 Å². The van der Waals surface area contributed by atoms with Crippen molar-refractivity contribution in [2.24, 2.45) is 5.73 Å². The third kappa shape index (κ3) is 3.10. The van der Waals surface area contributed by atoms with E-state index in [1.807, 2.05) is 0 Å². The van der Waals surface area contributed by atoms with Gasteiger partial charge in [0, 0.05) is 11.7 Å². The molecule has 0 aliphatic heterocycles. The van der Waals surface area contributed by atoms with Gasteiger partial charge in [0.15, 0.2) is 0 Å². The molecule has 0 aliphatic rings. The number of aromatic nitrogens is 1. The lowest BCUT2D eigenvalue weighted by molar-refractivity contribution is 0.208. The van der Waals surface area contributed by atoms with Gasteiger partial charge in [-0.15, -0.1) is 0 Å². The Hall–Kier alpha value is -0.350. The van der Waals surface area contributed by atoms with Crippen molar-refractivity contribution in [2.75, 3.05) is 6.61 Å². The zero-order chi connectivity index (χ0) is 10.8. The highest BCUT2D eigenvalue weighted by Crippen LogP contribution is 2.21. The minimum Gasteiger partial charge on any atom is -0.394 e. The molecule has 0 saturated carbocycles. The normalized spacial score (nSPS) is 15.2. The number of nitrogens with zero attached hydrogens (tertiary/aromatic N) is 1. The summed E-state index contributed by atoms with van der Waals surface area (Å²) < 4.78 is 0. The summed E-state index contributed by atoms with van der Waals surface area (Å²) >= 11 is 11.5. The van der Waals surface area contributed by atoms with Gasteiger partial charge in [0.2, 0.25) is 0 Å². The highest BCUT2D eigenvalue weighted by atomic mass is 35.5. The maximum atomic E-state index is 8.97. The molecule has 5 heteroatoms. The summed E-state index contributed by atoms with van der Waals surface area (Å²) in [6.07, 6.45) is 2.11. The van der Waals surface area contributed by atoms with Crippen molar-refractivity contribution in [1.29, 1.82) is 0 Å². The molecule has 0 amide bonds. The van der Waals surface area contributed by atoms with Gasteiger partial charge in [-0.05, 0) is 25.0 Å². The van der Waals surface area contributed by atoms with Gasteiger partial charge in [-0.3, -0.25) is 0 Å². The number of hydrogen-bond donors (Lipinski definition) is 2. The summed E-state index contributed by atoms with van der Waals surface area (Å²) in [5.74, 6) is 0. The van der Waals surface area contributed by atoms with E-state index < -0.39 is 5.54 Å². The van der Waals surface area contributed by atoms with E-state index in [9.17, 15) is 0 Å². The number of hydrogen-bond acceptors (Lipinski definition) is 3. The SMILES string of the molecule is CC(N)(CO)Cc1cnc(Cl)c(Cl)c1. The fourth-order valence-corrected chi connectivity index (χ4v) is 1.37. The molecule has 3 nitrogen and oxygen atoms in total. The molecule has 0 aromatic carbocycles. The van der Waals surface area contributed by atoms with Crippen LogP contribution in [0.25, 0.3) is 0 Å². The summed E-state index contributed by atoms with van der Waals surface area (Å²) in [6.45, 7) is 1.67. The first-order chi connectivity index (χ1) is 6.44. The van der Waals surface area contributed by atoms with Crippen LogP contribution in [0.3, 0.4) is 0 Å². The van der Waals surface area contributed by atoms with E-state index >= 15 is 0 Å². The average molecular weight is 235 g/mol. The Morgan fingerprint density at radius 2 is 2.21 bits per heavy atom. The second-order valence-corrected chi connectivity index (χ2v) is 4.37. The Morgan fingerprint density at radius 3 is 2.71 bits per heavy atom. The van der Waals surface area contributed by atoms with Crippen molar-refractivity contribution < 1.29 is 5.11 Å². The van der Waals surface area contributed by atoms with E-state index in [4.69, 9.17) is 34.0 Å². The molecule has 0 fully saturated rings. The van der Waals surface area contributed by atoms with Crippen molar-refractivity contribution >= 4 is 23.2 Å². The number of halogens is 2. The van der Waals surface area contributed by atoms with Gasteiger partial charge in [0.1, 0.15) is 5.15 Å². The molecule has 1 heterocycles. The van der Waals surface area contributed by atoms with Crippen molar-refractivity contribution in [2.45, 2.75) is 18.9 Å². The van der Waals surface area contributed by atoms with Crippen LogP contribution >= 0.6 is 23.2 Å². The largest absolute Gasteiger partial charge is 0.394 e. The molecular weight excluding hydrogens is 223 g/mol. The van der Waals surface area contributed by atoms with Crippen LogP contribution in [0.15, 0.2) is 12.3 Å². The minimum atomic E-state index is -0.654. The number of aliphatic hydroxyl groups excluding tert-OH is 1. The van der Waals surface area contributed by atoms with Crippen molar-refractivity contribution in [3.8, 4) is 0 Å². The first kappa shape index (κ1) is 11.7. The second-order valence-electron chi connectivity index (χ2n) is 3.61. The molecule has 3 N–H and O–H groups in total. The highest BCUT2D eigenvalue weighted by molar-refractivity contribution is 6.41. The Morgan fingerprint density at radius 1 is 1.57 bits per heavy atom. The summed E-state index contributed by atoms with van der Waals surface area (Å²) in [6, 6.07) is 1.71. The Kier molecular flexibility index (Phi) is 3.72. The molecule has 1 aromatic rings. The molecule has 0 saturated heterocycles. The highest BCUT2D eigenvalue weighted by Gasteiger charge is 2.18. The zero-order valence-electron chi connectivity index (χ0n) is 7.80. The molecule has 0 aliphatic carbocycles. The van der Waals surface area contributed by atoms with E-state index in [-0.39, 0.29) is 11.8 Å². The predicted molar refractivity (Wildman–Crippen MR) is 57.6 cm³/mol. The van der Waals surface area contributed by atoms with Crippen LogP contribution in [0.4, 0.5) is 0 Å². The third-order valence-electron chi connectivity index (χ3n) is 1.82. The maximum Gasteiger partial charge on any atom is 0.147 e. The monoisotopic (exact) mass is 234 g/mol. The van der Waals surface area contributed by atoms with Crippen LogP contribution in [-0.4, -0.2) is 22.2 Å². The van der Waals surface area contributed by atoms with Gasteiger partial charge >= 0.3 is 0 Å². The molecule has 0 radical (unpaired) electrons. The lowest BCUT2D eigenvalue weighted by atomic mass is 9.96. The Bertz CT molecular complexity index is 329. The smallest absolute Gasteiger partial charge is 0.147 e. The topological polar surface area (TPSA) is 59.1 Å². The van der Waals surface area contributed by atoms with Gasteiger partial charge in [0.25, 0.3) is 0 Å². The van der Waals surface area contributed by atoms with E-state index in [2.05, 4.69) is 4.98 Å². The van der Waals surface area contributed by atoms with Crippen LogP contribution in [0.5, 0.6) is 0 Å². The van der Waals surface area contributed by atoms with Crippen LogP contribution in [0.2, 0.25) is 10.2 Å². The second kappa shape index (κ2) is 4.45. The minimum absolute atomic E-state index is 0.0900.